The van der Waals surface area contributed by atoms with Crippen molar-refractivity contribution in [1.82, 2.24) is 15.1 Å². The maximum Gasteiger partial charge on any atom is 0.261 e. The van der Waals surface area contributed by atoms with Gasteiger partial charge in [-0.15, -0.1) is 0 Å². The Hall–Kier alpha value is -3.35. The summed E-state index contributed by atoms with van der Waals surface area (Å²) in [4.78, 5) is 14.5. The average molecular weight is 409 g/mol. The maximum absolute atomic E-state index is 13.6. The molecular weight excluding hydrogens is 385 g/mol. The van der Waals surface area contributed by atoms with E-state index in [1.165, 1.54) is 6.07 Å². The first-order valence-electron chi connectivity index (χ1n) is 10.1. The molecule has 6 nitrogen and oxygen atoms in total. The Morgan fingerprint density at radius 1 is 1.13 bits per heavy atom. The average Bonchev–Trinajstić information content (AvgIpc) is 3.43. The number of ether oxygens (including phenoxy) is 2. The van der Waals surface area contributed by atoms with Gasteiger partial charge in [0.2, 0.25) is 0 Å². The van der Waals surface area contributed by atoms with Crippen LogP contribution in [0.25, 0.3) is 0 Å². The Morgan fingerprint density at radius 3 is 2.77 bits per heavy atom. The monoisotopic (exact) mass is 409 g/mol. The van der Waals surface area contributed by atoms with Crippen LogP contribution in [-0.2, 0) is 11.2 Å². The topological polar surface area (TPSA) is 67.4 Å². The fourth-order valence-electron chi connectivity index (χ4n) is 3.63. The highest BCUT2D eigenvalue weighted by molar-refractivity contribution is 5.78. The third-order valence-electron chi connectivity index (χ3n) is 5.14. The Balaban J connectivity index is 1.31. The summed E-state index contributed by atoms with van der Waals surface area (Å²) in [5.41, 5.74) is 1.72. The summed E-state index contributed by atoms with van der Waals surface area (Å²) in [6.45, 7) is 1.04. The minimum Gasteiger partial charge on any atom is -0.490 e. The van der Waals surface area contributed by atoms with Crippen LogP contribution in [0, 0.1) is 5.82 Å². The fraction of sp³-hybridized carbons (Fsp3) is 0.304. The lowest BCUT2D eigenvalue weighted by atomic mass is 10.1. The molecule has 1 amide bonds. The summed E-state index contributed by atoms with van der Waals surface area (Å²) >= 11 is 0. The van der Waals surface area contributed by atoms with E-state index in [4.69, 9.17) is 9.47 Å². The number of carbonyl (C=O) groups excluding carboxylic acids is 1. The predicted molar refractivity (Wildman–Crippen MR) is 110 cm³/mol. The van der Waals surface area contributed by atoms with Gasteiger partial charge in [-0.3, -0.25) is 9.89 Å². The van der Waals surface area contributed by atoms with E-state index in [0.29, 0.717) is 25.3 Å². The lowest BCUT2D eigenvalue weighted by Crippen LogP contribution is -2.34. The molecule has 1 N–H and O–H groups in total. The van der Waals surface area contributed by atoms with Gasteiger partial charge in [-0.2, -0.15) is 5.10 Å². The summed E-state index contributed by atoms with van der Waals surface area (Å²) < 4.78 is 24.7. The van der Waals surface area contributed by atoms with Gasteiger partial charge < -0.3 is 14.4 Å². The van der Waals surface area contributed by atoms with E-state index in [1.54, 1.807) is 18.2 Å². The summed E-state index contributed by atoms with van der Waals surface area (Å²) in [5, 5.41) is 7.41. The van der Waals surface area contributed by atoms with Crippen LogP contribution in [0.4, 0.5) is 4.39 Å². The van der Waals surface area contributed by atoms with Crippen LogP contribution < -0.4 is 9.47 Å². The zero-order valence-electron chi connectivity index (χ0n) is 16.6. The van der Waals surface area contributed by atoms with Crippen LogP contribution in [0.2, 0.25) is 0 Å². The lowest BCUT2D eigenvalue weighted by molar-refractivity contribution is -0.134. The number of nitrogens with one attached hydrogen (secondary N) is 1. The first kappa shape index (κ1) is 19.9. The Morgan fingerprint density at radius 2 is 1.93 bits per heavy atom. The van der Waals surface area contributed by atoms with E-state index in [0.717, 1.165) is 24.2 Å². The quantitative estimate of drug-likeness (QED) is 0.613. The first-order valence-corrected chi connectivity index (χ1v) is 10.1. The van der Waals surface area contributed by atoms with Crippen molar-refractivity contribution in [3.05, 3.63) is 77.9 Å². The van der Waals surface area contributed by atoms with Crippen molar-refractivity contribution >= 4 is 5.91 Å². The number of amides is 1. The van der Waals surface area contributed by atoms with Crippen molar-refractivity contribution in [2.24, 2.45) is 0 Å². The summed E-state index contributed by atoms with van der Waals surface area (Å²) in [6.07, 6.45) is 2.37. The molecular formula is C23H24FN3O3. The molecule has 1 fully saturated rings. The number of hydrogen-bond acceptors (Lipinski definition) is 4. The van der Waals surface area contributed by atoms with Crippen LogP contribution in [0.1, 0.15) is 30.3 Å². The third kappa shape index (κ3) is 4.79. The fourth-order valence-corrected chi connectivity index (χ4v) is 3.63. The van der Waals surface area contributed by atoms with Crippen molar-refractivity contribution in [1.29, 1.82) is 0 Å². The zero-order valence-corrected chi connectivity index (χ0v) is 16.6. The maximum atomic E-state index is 13.6. The summed E-state index contributed by atoms with van der Waals surface area (Å²) in [7, 11) is 0. The van der Waals surface area contributed by atoms with E-state index in [1.807, 2.05) is 41.3 Å². The lowest BCUT2D eigenvalue weighted by Gasteiger charge is -2.23. The minimum absolute atomic E-state index is 0.00821. The number of carbonyl (C=O) groups is 1. The molecule has 7 heteroatoms. The second-order valence-electron chi connectivity index (χ2n) is 7.19. The van der Waals surface area contributed by atoms with Gasteiger partial charge in [-0.25, -0.2) is 4.39 Å². The molecule has 2 heterocycles. The molecule has 1 saturated heterocycles. The van der Waals surface area contributed by atoms with Crippen molar-refractivity contribution in [2.45, 2.75) is 25.3 Å². The number of halogens is 1. The molecule has 0 unspecified atom stereocenters. The number of para-hydroxylation sites is 2. The van der Waals surface area contributed by atoms with Crippen molar-refractivity contribution in [2.75, 3.05) is 19.8 Å². The van der Waals surface area contributed by atoms with Gasteiger partial charge >= 0.3 is 0 Å². The molecule has 30 heavy (non-hydrogen) atoms. The van der Waals surface area contributed by atoms with Gasteiger partial charge in [0.05, 0.1) is 18.3 Å². The number of aromatic amines is 1. The van der Waals surface area contributed by atoms with E-state index in [9.17, 15) is 9.18 Å². The molecule has 0 bridgehead atoms. The number of benzene rings is 2. The third-order valence-corrected chi connectivity index (χ3v) is 5.14. The molecule has 156 valence electrons. The van der Waals surface area contributed by atoms with Crippen LogP contribution in [-0.4, -0.2) is 40.8 Å². The van der Waals surface area contributed by atoms with Crippen LogP contribution in [0.3, 0.4) is 0 Å². The molecule has 4 rings (SSSR count). The molecule has 0 saturated carbocycles. The Bertz CT molecular complexity index is 977. The first-order chi connectivity index (χ1) is 14.7. The minimum atomic E-state index is -0.374. The standard InChI is InChI=1S/C23H24FN3O3/c24-19-9-4-5-11-22(19)29-14-12-17-15-20(26-25-17)21-10-6-13-27(21)23(28)16-30-18-7-2-1-3-8-18/h1-5,7-9,11,15,21H,6,10,12-14,16H2,(H,25,26)/t21-/m1/s1. The van der Waals surface area contributed by atoms with E-state index >= 15 is 0 Å². The number of rotatable bonds is 8. The van der Waals surface area contributed by atoms with E-state index in [-0.39, 0.29) is 30.1 Å². The van der Waals surface area contributed by atoms with Gasteiger partial charge in [-0.1, -0.05) is 30.3 Å². The SMILES string of the molecule is O=C(COc1ccccc1)N1CCC[C@@H]1c1cc(CCOc2ccccc2F)[nH]n1. The van der Waals surface area contributed by atoms with Gasteiger partial charge in [-0.05, 0) is 43.2 Å². The van der Waals surface area contributed by atoms with E-state index in [2.05, 4.69) is 10.2 Å². The van der Waals surface area contributed by atoms with Crippen LogP contribution in [0.15, 0.2) is 60.7 Å². The zero-order chi connectivity index (χ0) is 20.8. The molecule has 0 aliphatic carbocycles. The summed E-state index contributed by atoms with van der Waals surface area (Å²) in [6, 6.07) is 17.6. The molecule has 1 aliphatic rings. The number of H-pyrrole nitrogens is 1. The molecule has 0 spiro atoms. The number of hydrogen-bond donors (Lipinski definition) is 1. The van der Waals surface area contributed by atoms with Gasteiger partial charge in [0.1, 0.15) is 5.75 Å². The highest BCUT2D eigenvalue weighted by Gasteiger charge is 2.31. The molecule has 1 aromatic heterocycles. The smallest absolute Gasteiger partial charge is 0.261 e. The van der Waals surface area contributed by atoms with Gasteiger partial charge in [0.15, 0.2) is 18.2 Å². The number of likely N-dealkylation sites (tertiary alicyclic amines) is 1. The van der Waals surface area contributed by atoms with Crippen molar-refractivity contribution in [3.63, 3.8) is 0 Å². The second-order valence-corrected chi connectivity index (χ2v) is 7.19. The molecule has 1 aliphatic heterocycles. The summed E-state index contributed by atoms with van der Waals surface area (Å²) in [5.74, 6) is 0.496. The second kappa shape index (κ2) is 9.43. The number of aromatic nitrogens is 2. The normalized spacial score (nSPS) is 15.9. The van der Waals surface area contributed by atoms with Crippen LogP contribution in [0.5, 0.6) is 11.5 Å². The largest absolute Gasteiger partial charge is 0.490 e. The molecule has 2 aromatic carbocycles. The van der Waals surface area contributed by atoms with E-state index < -0.39 is 0 Å². The van der Waals surface area contributed by atoms with Crippen LogP contribution >= 0.6 is 0 Å². The highest BCUT2D eigenvalue weighted by Crippen LogP contribution is 2.31. The van der Waals surface area contributed by atoms with Crippen molar-refractivity contribution in [3.8, 4) is 11.5 Å². The number of nitrogens with zero attached hydrogens (tertiary/aromatic N) is 2. The predicted octanol–water partition coefficient (Wildman–Crippen LogP) is 3.91. The highest BCUT2D eigenvalue weighted by atomic mass is 19.1. The Labute approximate surface area is 174 Å². The van der Waals surface area contributed by atoms with Crippen molar-refractivity contribution < 1.29 is 18.7 Å². The molecule has 3 aromatic rings. The Kier molecular flexibility index (Phi) is 6.27. The van der Waals surface area contributed by atoms with Gasteiger partial charge in [0, 0.05) is 18.7 Å². The molecule has 0 radical (unpaired) electrons. The molecule has 1 atom stereocenters. The van der Waals surface area contributed by atoms with Gasteiger partial charge in [0.25, 0.3) is 5.91 Å².